The Labute approximate surface area is 106 Å². The summed E-state index contributed by atoms with van der Waals surface area (Å²) in [5, 5.41) is 9.36. The molecule has 9 N–H and O–H groups in total. The number of aliphatic imine (C=N–C) groups is 2. The van der Waals surface area contributed by atoms with Gasteiger partial charge in [0.05, 0.1) is 12.2 Å². The maximum atomic E-state index is 7.01. The van der Waals surface area contributed by atoms with Crippen molar-refractivity contribution in [2.24, 2.45) is 32.9 Å². The summed E-state index contributed by atoms with van der Waals surface area (Å²) in [6.07, 6.45) is 0. The second-order valence-electron chi connectivity index (χ2n) is 2.78. The van der Waals surface area contributed by atoms with E-state index in [4.69, 9.17) is 28.3 Å². The van der Waals surface area contributed by atoms with E-state index in [1.165, 1.54) is 11.3 Å². The fourth-order valence-corrected chi connectivity index (χ4v) is 1.89. The van der Waals surface area contributed by atoms with Gasteiger partial charge in [-0.3, -0.25) is 10.4 Å². The molecule has 17 heavy (non-hydrogen) atoms. The van der Waals surface area contributed by atoms with Gasteiger partial charge in [0.2, 0.25) is 5.13 Å². The van der Waals surface area contributed by atoms with Crippen molar-refractivity contribution in [1.29, 1.82) is 5.41 Å². The molecule has 0 bridgehead atoms. The number of nitrogens with zero attached hydrogens (tertiary/aromatic N) is 3. The number of guanidine groups is 1. The zero-order chi connectivity index (χ0) is 12.8. The van der Waals surface area contributed by atoms with E-state index in [1.54, 1.807) is 5.38 Å². The molecule has 92 valence electrons. The molecular formula is C7H12N8S2. The van der Waals surface area contributed by atoms with Gasteiger partial charge in [-0.15, -0.1) is 11.3 Å². The second kappa shape index (κ2) is 6.06. The Morgan fingerprint density at radius 2 is 2.12 bits per heavy atom. The molecule has 0 saturated heterocycles. The largest absolute Gasteiger partial charge is 0.378 e. The molecule has 0 amide bonds. The Kier molecular flexibility index (Phi) is 4.72. The molecule has 1 aromatic rings. The van der Waals surface area contributed by atoms with Crippen LogP contribution in [0.4, 0.5) is 5.13 Å². The van der Waals surface area contributed by atoms with E-state index in [0.29, 0.717) is 17.4 Å². The first-order chi connectivity index (χ1) is 7.97. The average molecular weight is 272 g/mol. The highest BCUT2D eigenvalue weighted by molar-refractivity contribution is 8.26. The maximum absolute atomic E-state index is 7.01. The van der Waals surface area contributed by atoms with E-state index >= 15 is 0 Å². The number of rotatable bonds is 3. The topological polar surface area (TPSA) is 166 Å². The summed E-state index contributed by atoms with van der Waals surface area (Å²) in [5.74, 6) is -0.0407. The van der Waals surface area contributed by atoms with Crippen LogP contribution in [-0.2, 0) is 6.54 Å². The summed E-state index contributed by atoms with van der Waals surface area (Å²) in [5.41, 5.74) is 21.8. The van der Waals surface area contributed by atoms with E-state index in [2.05, 4.69) is 15.0 Å². The molecule has 0 saturated carbocycles. The predicted molar refractivity (Wildman–Crippen MR) is 72.4 cm³/mol. The lowest BCUT2D eigenvalue weighted by Crippen LogP contribution is -2.21. The Morgan fingerprint density at radius 1 is 1.41 bits per heavy atom. The van der Waals surface area contributed by atoms with Crippen molar-refractivity contribution >= 4 is 44.5 Å². The fraction of sp³-hybridized carbons (Fsp3) is 0.143. The molecule has 0 spiro atoms. The minimum absolute atomic E-state index is 0.0407. The zero-order valence-corrected chi connectivity index (χ0v) is 10.4. The molecule has 0 aromatic carbocycles. The Morgan fingerprint density at radius 3 is 2.71 bits per heavy atom. The third-order valence-corrected chi connectivity index (χ3v) is 2.72. The lowest BCUT2D eigenvalue weighted by molar-refractivity contribution is 1.01. The van der Waals surface area contributed by atoms with Gasteiger partial charge in [-0.2, -0.15) is 4.99 Å². The quantitative estimate of drug-likeness (QED) is 0.367. The molecule has 0 aliphatic heterocycles. The van der Waals surface area contributed by atoms with Gasteiger partial charge in [0, 0.05) is 5.38 Å². The number of hydrogen-bond donors (Lipinski definition) is 5. The van der Waals surface area contributed by atoms with Gasteiger partial charge in [-0.05, 0) is 11.8 Å². The van der Waals surface area contributed by atoms with Crippen LogP contribution in [0, 0.1) is 5.41 Å². The fourth-order valence-electron chi connectivity index (χ4n) is 0.835. The van der Waals surface area contributed by atoms with E-state index in [-0.39, 0.29) is 16.3 Å². The van der Waals surface area contributed by atoms with Crippen LogP contribution in [0.5, 0.6) is 0 Å². The maximum Gasteiger partial charge on any atom is 0.212 e. The van der Waals surface area contributed by atoms with Gasteiger partial charge in [-0.25, -0.2) is 4.98 Å². The van der Waals surface area contributed by atoms with Crippen LogP contribution >= 0.6 is 23.1 Å². The molecule has 0 aliphatic carbocycles. The monoisotopic (exact) mass is 272 g/mol. The number of nitrogens with one attached hydrogen (secondary N) is 1. The molecular weight excluding hydrogens is 260 g/mol. The highest BCUT2D eigenvalue weighted by atomic mass is 32.2. The Hall–Kier alpha value is -1.81. The van der Waals surface area contributed by atoms with Gasteiger partial charge in [-0.1, -0.05) is 0 Å². The van der Waals surface area contributed by atoms with Crippen LogP contribution in [0.3, 0.4) is 0 Å². The number of hydrogen-bond acceptors (Lipinski definition) is 6. The van der Waals surface area contributed by atoms with E-state index in [1.807, 2.05) is 0 Å². The standard InChI is InChI=1S/C7H12N8S2/c8-4(9)15-7-14-3(2-16-7)1-13-6(12)17-5(10)11/h2H,1H2,(H3,10,11)(H2,12,13)(H4,8,9,14,15). The normalized spacial score (nSPS) is 11.2. The van der Waals surface area contributed by atoms with Crippen molar-refractivity contribution < 1.29 is 0 Å². The second-order valence-corrected chi connectivity index (χ2v) is 4.68. The molecule has 0 aliphatic rings. The predicted octanol–water partition coefficient (Wildman–Crippen LogP) is -0.511. The number of aromatic nitrogens is 1. The SMILES string of the molecule is N=C(N)SC(N)=NCc1csc(N=C(N)N)n1. The molecule has 0 unspecified atom stereocenters. The smallest absolute Gasteiger partial charge is 0.212 e. The summed E-state index contributed by atoms with van der Waals surface area (Å²) in [4.78, 5) is 11.9. The highest BCUT2D eigenvalue weighted by Crippen LogP contribution is 2.18. The number of amidine groups is 2. The van der Waals surface area contributed by atoms with Crippen molar-refractivity contribution in [3.8, 4) is 0 Å². The number of nitrogens with two attached hydrogens (primary N) is 4. The van der Waals surface area contributed by atoms with Gasteiger partial charge < -0.3 is 22.9 Å². The van der Waals surface area contributed by atoms with Crippen LogP contribution in [0.15, 0.2) is 15.4 Å². The van der Waals surface area contributed by atoms with Crippen LogP contribution < -0.4 is 22.9 Å². The summed E-state index contributed by atoms with van der Waals surface area (Å²) < 4.78 is 0. The van der Waals surface area contributed by atoms with Crippen LogP contribution in [0.1, 0.15) is 5.69 Å². The van der Waals surface area contributed by atoms with Crippen LogP contribution in [-0.4, -0.2) is 21.3 Å². The first-order valence-electron chi connectivity index (χ1n) is 4.33. The lowest BCUT2D eigenvalue weighted by atomic mass is 10.5. The first-order valence-corrected chi connectivity index (χ1v) is 6.03. The zero-order valence-electron chi connectivity index (χ0n) is 8.75. The van der Waals surface area contributed by atoms with E-state index in [9.17, 15) is 0 Å². The molecule has 0 radical (unpaired) electrons. The van der Waals surface area contributed by atoms with Crippen molar-refractivity contribution in [2.45, 2.75) is 6.54 Å². The van der Waals surface area contributed by atoms with Crippen molar-refractivity contribution in [2.75, 3.05) is 0 Å². The molecule has 1 rings (SSSR count). The highest BCUT2D eigenvalue weighted by Gasteiger charge is 2.01. The van der Waals surface area contributed by atoms with Gasteiger partial charge >= 0.3 is 0 Å². The number of thiazole rings is 1. The van der Waals surface area contributed by atoms with Crippen LogP contribution in [0.2, 0.25) is 0 Å². The number of thioether (sulfide) groups is 1. The minimum Gasteiger partial charge on any atom is -0.378 e. The Bertz CT molecular complexity index is 458. The summed E-state index contributed by atoms with van der Waals surface area (Å²) >= 11 is 2.19. The van der Waals surface area contributed by atoms with Gasteiger partial charge in [0.1, 0.15) is 0 Å². The average Bonchev–Trinajstić information content (AvgIpc) is 2.60. The third kappa shape index (κ3) is 5.17. The molecule has 10 heteroatoms. The third-order valence-electron chi connectivity index (χ3n) is 1.38. The van der Waals surface area contributed by atoms with Crippen molar-refractivity contribution in [3.05, 3.63) is 11.1 Å². The Balaban J connectivity index is 2.61. The van der Waals surface area contributed by atoms with Gasteiger partial charge in [0.25, 0.3) is 0 Å². The summed E-state index contributed by atoms with van der Waals surface area (Å²) in [6.45, 7) is 0.294. The van der Waals surface area contributed by atoms with Crippen molar-refractivity contribution in [1.82, 2.24) is 4.98 Å². The molecule has 0 fully saturated rings. The summed E-state index contributed by atoms with van der Waals surface area (Å²) in [7, 11) is 0. The van der Waals surface area contributed by atoms with E-state index < -0.39 is 0 Å². The van der Waals surface area contributed by atoms with Gasteiger partial charge in [0.15, 0.2) is 16.3 Å². The van der Waals surface area contributed by atoms with E-state index in [0.717, 1.165) is 11.8 Å². The molecule has 1 aromatic heterocycles. The molecule has 1 heterocycles. The molecule has 0 atom stereocenters. The van der Waals surface area contributed by atoms with Crippen LogP contribution in [0.25, 0.3) is 0 Å². The van der Waals surface area contributed by atoms with Crippen molar-refractivity contribution in [3.63, 3.8) is 0 Å². The molecule has 8 nitrogen and oxygen atoms in total. The lowest BCUT2D eigenvalue weighted by Gasteiger charge is -1.96. The first kappa shape index (κ1) is 13.3. The summed E-state index contributed by atoms with van der Waals surface area (Å²) in [6, 6.07) is 0. The minimum atomic E-state index is -0.106.